The third kappa shape index (κ3) is 3.15. The number of carbonyl (C=O) groups excluding carboxylic acids is 1. The highest BCUT2D eigenvalue weighted by Gasteiger charge is 2.38. The third-order valence-corrected chi connectivity index (χ3v) is 4.89. The van der Waals surface area contributed by atoms with E-state index in [4.69, 9.17) is 5.11 Å². The molecule has 1 aliphatic carbocycles. The first-order valence-corrected chi connectivity index (χ1v) is 7.45. The average Bonchev–Trinajstić information content (AvgIpc) is 2.79. The van der Waals surface area contributed by atoms with E-state index in [1.807, 2.05) is 11.8 Å². The van der Waals surface area contributed by atoms with E-state index in [1.165, 1.54) is 5.75 Å². The van der Waals surface area contributed by atoms with Crippen molar-refractivity contribution >= 4 is 23.6 Å². The van der Waals surface area contributed by atoms with Gasteiger partial charge in [0.05, 0.1) is 11.8 Å². The Labute approximate surface area is 106 Å². The van der Waals surface area contributed by atoms with Crippen LogP contribution in [0.2, 0.25) is 0 Å². The van der Waals surface area contributed by atoms with Gasteiger partial charge in [0.2, 0.25) is 5.91 Å². The quantitative estimate of drug-likeness (QED) is 0.804. The average molecular weight is 257 g/mol. The normalized spacial score (nSPS) is 33.3. The van der Waals surface area contributed by atoms with Crippen molar-refractivity contribution in [3.63, 3.8) is 0 Å². The molecule has 3 atom stereocenters. The van der Waals surface area contributed by atoms with Crippen LogP contribution in [0.1, 0.15) is 32.1 Å². The first kappa shape index (κ1) is 12.7. The van der Waals surface area contributed by atoms with E-state index in [0.29, 0.717) is 6.42 Å². The molecule has 4 nitrogen and oxygen atoms in total. The maximum Gasteiger partial charge on any atom is 0.307 e. The van der Waals surface area contributed by atoms with Crippen molar-refractivity contribution in [1.82, 2.24) is 5.32 Å². The number of carbonyl (C=O) groups is 2. The van der Waals surface area contributed by atoms with Crippen LogP contribution in [-0.4, -0.2) is 34.5 Å². The molecule has 2 aliphatic rings. The highest BCUT2D eigenvalue weighted by molar-refractivity contribution is 7.99. The molecule has 1 aliphatic heterocycles. The number of hydrogen-bond donors (Lipinski definition) is 2. The molecule has 96 valence electrons. The number of nitrogens with one attached hydrogen (secondary N) is 1. The highest BCUT2D eigenvalue weighted by atomic mass is 32.2. The number of rotatable bonds is 3. The summed E-state index contributed by atoms with van der Waals surface area (Å²) in [7, 11) is 0. The molecule has 0 aromatic carbocycles. The standard InChI is InChI=1S/C12H19NO3S/c14-11(13-8-3-2-6-17-7-8)9-4-1-5-10(9)12(15)16/h8-10H,1-7H2,(H,13,14)(H,15,16)/t8?,9-,10+/m1/s1. The Balaban J connectivity index is 1.88. The zero-order valence-corrected chi connectivity index (χ0v) is 10.7. The molecule has 2 rings (SSSR count). The largest absolute Gasteiger partial charge is 0.481 e. The van der Waals surface area contributed by atoms with Crippen LogP contribution < -0.4 is 5.32 Å². The predicted octanol–water partition coefficient (Wildman–Crippen LogP) is 1.50. The van der Waals surface area contributed by atoms with Gasteiger partial charge in [-0.15, -0.1) is 0 Å². The molecule has 0 bridgehead atoms. The number of thioether (sulfide) groups is 1. The van der Waals surface area contributed by atoms with Gasteiger partial charge < -0.3 is 10.4 Å². The van der Waals surface area contributed by atoms with E-state index < -0.39 is 11.9 Å². The van der Waals surface area contributed by atoms with E-state index in [0.717, 1.165) is 31.4 Å². The van der Waals surface area contributed by atoms with Crippen molar-refractivity contribution in [2.75, 3.05) is 11.5 Å². The van der Waals surface area contributed by atoms with Crippen molar-refractivity contribution in [3.05, 3.63) is 0 Å². The van der Waals surface area contributed by atoms with Crippen LogP contribution >= 0.6 is 11.8 Å². The summed E-state index contributed by atoms with van der Waals surface area (Å²) in [6.45, 7) is 0. The lowest BCUT2D eigenvalue weighted by atomic mass is 9.95. The van der Waals surface area contributed by atoms with Crippen LogP contribution in [-0.2, 0) is 9.59 Å². The molecule has 0 radical (unpaired) electrons. The number of aliphatic carboxylic acids is 1. The molecule has 17 heavy (non-hydrogen) atoms. The summed E-state index contributed by atoms with van der Waals surface area (Å²) in [6, 6.07) is 0.247. The van der Waals surface area contributed by atoms with Gasteiger partial charge in [0, 0.05) is 11.8 Å². The summed E-state index contributed by atoms with van der Waals surface area (Å²) in [6.07, 6.45) is 4.40. The van der Waals surface area contributed by atoms with Crippen molar-refractivity contribution in [2.45, 2.75) is 38.1 Å². The summed E-state index contributed by atoms with van der Waals surface area (Å²) in [5, 5.41) is 12.1. The van der Waals surface area contributed by atoms with E-state index in [2.05, 4.69) is 5.32 Å². The van der Waals surface area contributed by atoms with Crippen LogP contribution in [0.3, 0.4) is 0 Å². The molecule has 5 heteroatoms. The van der Waals surface area contributed by atoms with E-state index in [9.17, 15) is 9.59 Å². The monoisotopic (exact) mass is 257 g/mol. The van der Waals surface area contributed by atoms with Crippen LogP contribution in [0.4, 0.5) is 0 Å². The summed E-state index contributed by atoms with van der Waals surface area (Å²) in [5.41, 5.74) is 0. The molecular weight excluding hydrogens is 238 g/mol. The molecule has 2 N–H and O–H groups in total. The van der Waals surface area contributed by atoms with Crippen molar-refractivity contribution in [3.8, 4) is 0 Å². The topological polar surface area (TPSA) is 66.4 Å². The fourth-order valence-electron chi connectivity index (χ4n) is 2.73. The fraction of sp³-hybridized carbons (Fsp3) is 0.833. The number of carboxylic acids is 1. The van der Waals surface area contributed by atoms with Crippen LogP contribution in [0, 0.1) is 11.8 Å². The second-order valence-corrected chi connectivity index (χ2v) is 6.05. The first-order chi connectivity index (χ1) is 8.18. The second kappa shape index (κ2) is 5.76. The van der Waals surface area contributed by atoms with Crippen molar-refractivity contribution in [2.24, 2.45) is 11.8 Å². The molecule has 1 saturated carbocycles. The SMILES string of the molecule is O=C(O)[C@H]1CCC[C@H]1C(=O)NC1CCCSC1. The number of carboxylic acid groups (broad SMARTS) is 1. The van der Waals surface area contributed by atoms with E-state index in [1.54, 1.807) is 0 Å². The Morgan fingerprint density at radius 3 is 2.53 bits per heavy atom. The molecule has 0 aromatic heterocycles. The molecule has 0 aromatic rings. The first-order valence-electron chi connectivity index (χ1n) is 6.29. The minimum atomic E-state index is -0.819. The fourth-order valence-corrected chi connectivity index (χ4v) is 3.80. The van der Waals surface area contributed by atoms with Crippen molar-refractivity contribution in [1.29, 1.82) is 0 Å². The van der Waals surface area contributed by atoms with Gasteiger partial charge in [-0.25, -0.2) is 0 Å². The molecule has 1 amide bonds. The van der Waals surface area contributed by atoms with Crippen molar-refractivity contribution < 1.29 is 14.7 Å². The van der Waals surface area contributed by atoms with Gasteiger partial charge in [0.15, 0.2) is 0 Å². The zero-order valence-electron chi connectivity index (χ0n) is 9.85. The molecule has 1 unspecified atom stereocenters. The Morgan fingerprint density at radius 1 is 1.12 bits per heavy atom. The maximum atomic E-state index is 12.0. The Bertz CT molecular complexity index is 302. The van der Waals surface area contributed by atoms with E-state index in [-0.39, 0.29) is 17.9 Å². The summed E-state index contributed by atoms with van der Waals surface area (Å²) < 4.78 is 0. The minimum Gasteiger partial charge on any atom is -0.481 e. The summed E-state index contributed by atoms with van der Waals surface area (Å²) in [4.78, 5) is 23.1. The molecule has 2 fully saturated rings. The van der Waals surface area contributed by atoms with Gasteiger partial charge >= 0.3 is 5.97 Å². The third-order valence-electron chi connectivity index (χ3n) is 3.68. The van der Waals surface area contributed by atoms with E-state index >= 15 is 0 Å². The van der Waals surface area contributed by atoms with Gasteiger partial charge in [0.25, 0.3) is 0 Å². The summed E-state index contributed by atoms with van der Waals surface area (Å²) in [5.74, 6) is 0.512. The predicted molar refractivity (Wildman–Crippen MR) is 67.0 cm³/mol. The van der Waals surface area contributed by atoms with Gasteiger partial charge in [0.1, 0.15) is 0 Å². The smallest absolute Gasteiger partial charge is 0.307 e. The number of hydrogen-bond acceptors (Lipinski definition) is 3. The second-order valence-electron chi connectivity index (χ2n) is 4.90. The molecule has 1 saturated heterocycles. The molecule has 0 spiro atoms. The molecular formula is C12H19NO3S. The Kier molecular flexibility index (Phi) is 4.31. The molecule has 1 heterocycles. The van der Waals surface area contributed by atoms with Gasteiger partial charge in [-0.2, -0.15) is 11.8 Å². The Morgan fingerprint density at radius 2 is 1.88 bits per heavy atom. The van der Waals surface area contributed by atoms with Crippen LogP contribution in [0.15, 0.2) is 0 Å². The zero-order chi connectivity index (χ0) is 12.3. The number of amides is 1. The summed E-state index contributed by atoms with van der Waals surface area (Å²) >= 11 is 1.86. The minimum absolute atomic E-state index is 0.0394. The van der Waals surface area contributed by atoms with Crippen LogP contribution in [0.5, 0.6) is 0 Å². The van der Waals surface area contributed by atoms with Crippen LogP contribution in [0.25, 0.3) is 0 Å². The van der Waals surface area contributed by atoms with Gasteiger partial charge in [-0.1, -0.05) is 6.42 Å². The van der Waals surface area contributed by atoms with Gasteiger partial charge in [-0.05, 0) is 31.4 Å². The lowest BCUT2D eigenvalue weighted by Crippen LogP contribution is -2.43. The lowest BCUT2D eigenvalue weighted by molar-refractivity contribution is -0.146. The maximum absolute atomic E-state index is 12.0. The van der Waals surface area contributed by atoms with Gasteiger partial charge in [-0.3, -0.25) is 9.59 Å². The Hall–Kier alpha value is -0.710. The lowest BCUT2D eigenvalue weighted by Gasteiger charge is -2.25. The highest BCUT2D eigenvalue weighted by Crippen LogP contribution is 2.32.